The maximum Gasteiger partial charge on any atom is 0.0766 e. The summed E-state index contributed by atoms with van der Waals surface area (Å²) >= 11 is 0. The van der Waals surface area contributed by atoms with Gasteiger partial charge >= 0.3 is 0 Å². The third-order valence-electron chi connectivity index (χ3n) is 3.16. The Kier molecular flexibility index (Phi) is 2.47. The molecule has 0 saturated heterocycles. The third-order valence-corrected chi connectivity index (χ3v) is 3.16. The summed E-state index contributed by atoms with van der Waals surface area (Å²) in [4.78, 5) is 0. The molecule has 82 valence electrons. The second-order valence-corrected chi connectivity index (χ2v) is 4.76. The zero-order valence-corrected chi connectivity index (χ0v) is 9.80. The van der Waals surface area contributed by atoms with E-state index in [0.717, 1.165) is 24.2 Å². The van der Waals surface area contributed by atoms with Crippen molar-refractivity contribution in [2.45, 2.75) is 25.7 Å². The van der Waals surface area contributed by atoms with E-state index in [4.69, 9.17) is 5.26 Å². The number of nitrogens with zero attached hydrogens (tertiary/aromatic N) is 1. The smallest absolute Gasteiger partial charge is 0.0766 e. The Morgan fingerprint density at radius 1 is 1.44 bits per heavy atom. The molecule has 2 heteroatoms. The van der Waals surface area contributed by atoms with Gasteiger partial charge in [-0.05, 0) is 31.4 Å². The molecular weight excluding hydrogens is 196 g/mol. The molecule has 1 aromatic carbocycles. The Morgan fingerprint density at radius 2 is 2.19 bits per heavy atom. The van der Waals surface area contributed by atoms with Crippen LogP contribution in [0.1, 0.15) is 30.5 Å². The second kappa shape index (κ2) is 3.68. The van der Waals surface area contributed by atoms with E-state index in [1.165, 1.54) is 11.1 Å². The average molecular weight is 212 g/mol. The monoisotopic (exact) mass is 212 g/mol. The fourth-order valence-corrected chi connectivity index (χ4v) is 1.99. The van der Waals surface area contributed by atoms with Crippen molar-refractivity contribution in [1.29, 1.82) is 5.26 Å². The number of fused-ring (bicyclic) bond motifs is 1. The fraction of sp³-hybridized carbons (Fsp3) is 0.357. The molecule has 0 fully saturated rings. The first-order chi connectivity index (χ1) is 7.54. The summed E-state index contributed by atoms with van der Waals surface area (Å²) in [6.07, 6.45) is 1.00. The lowest BCUT2D eigenvalue weighted by atomic mass is 9.83. The zero-order valence-electron chi connectivity index (χ0n) is 9.80. The Labute approximate surface area is 96.6 Å². The van der Waals surface area contributed by atoms with Crippen LogP contribution in [0.5, 0.6) is 0 Å². The van der Waals surface area contributed by atoms with Crippen LogP contribution in [0.4, 0.5) is 0 Å². The number of hydrogen-bond acceptors (Lipinski definition) is 2. The molecule has 0 saturated carbocycles. The summed E-state index contributed by atoms with van der Waals surface area (Å²) in [5.74, 6) is 0. The average Bonchev–Trinajstić information content (AvgIpc) is 2.29. The van der Waals surface area contributed by atoms with E-state index in [9.17, 15) is 0 Å². The van der Waals surface area contributed by atoms with Crippen molar-refractivity contribution in [2.24, 2.45) is 0 Å². The molecule has 1 aliphatic rings. The largest absolute Gasteiger partial charge is 0.385 e. The topological polar surface area (TPSA) is 35.8 Å². The van der Waals surface area contributed by atoms with E-state index < -0.39 is 5.41 Å². The highest BCUT2D eigenvalue weighted by molar-refractivity contribution is 5.67. The summed E-state index contributed by atoms with van der Waals surface area (Å²) < 4.78 is 0. The molecule has 0 bridgehead atoms. The van der Waals surface area contributed by atoms with Gasteiger partial charge in [0.2, 0.25) is 0 Å². The van der Waals surface area contributed by atoms with Crippen LogP contribution in [0, 0.1) is 11.3 Å². The first-order valence-corrected chi connectivity index (χ1v) is 5.52. The maximum atomic E-state index is 9.12. The molecule has 16 heavy (non-hydrogen) atoms. The summed E-state index contributed by atoms with van der Waals surface area (Å²) in [5.41, 5.74) is 4.14. The van der Waals surface area contributed by atoms with E-state index in [-0.39, 0.29) is 0 Å². The van der Waals surface area contributed by atoms with Gasteiger partial charge in [0.15, 0.2) is 0 Å². The van der Waals surface area contributed by atoms with Crippen LogP contribution < -0.4 is 5.32 Å². The summed E-state index contributed by atoms with van der Waals surface area (Å²) in [7, 11) is 0. The Morgan fingerprint density at radius 3 is 2.88 bits per heavy atom. The minimum Gasteiger partial charge on any atom is -0.385 e. The highest BCUT2D eigenvalue weighted by Gasteiger charge is 2.22. The van der Waals surface area contributed by atoms with Crippen molar-refractivity contribution in [1.82, 2.24) is 5.32 Å². The van der Waals surface area contributed by atoms with Crippen molar-refractivity contribution < 1.29 is 0 Å². The first kappa shape index (κ1) is 10.8. The van der Waals surface area contributed by atoms with Crippen molar-refractivity contribution in [3.05, 3.63) is 41.5 Å². The summed E-state index contributed by atoms with van der Waals surface area (Å²) in [5, 5.41) is 12.4. The van der Waals surface area contributed by atoms with Crippen LogP contribution in [0.25, 0.3) is 5.70 Å². The minimum atomic E-state index is -0.415. The molecule has 1 aromatic rings. The van der Waals surface area contributed by atoms with Gasteiger partial charge in [0.25, 0.3) is 0 Å². The minimum absolute atomic E-state index is 0.415. The van der Waals surface area contributed by atoms with E-state index in [0.29, 0.717) is 0 Å². The van der Waals surface area contributed by atoms with Gasteiger partial charge < -0.3 is 5.32 Å². The van der Waals surface area contributed by atoms with Gasteiger partial charge in [-0.2, -0.15) is 5.26 Å². The van der Waals surface area contributed by atoms with Gasteiger partial charge in [-0.25, -0.2) is 0 Å². The van der Waals surface area contributed by atoms with Gasteiger partial charge in [-0.15, -0.1) is 0 Å². The molecule has 1 heterocycles. The van der Waals surface area contributed by atoms with Gasteiger partial charge in [0.1, 0.15) is 0 Å². The normalized spacial score (nSPS) is 14.9. The molecule has 0 unspecified atom stereocenters. The molecular formula is C14H16N2. The lowest BCUT2D eigenvalue weighted by molar-refractivity contribution is 0.683. The van der Waals surface area contributed by atoms with Crippen LogP contribution in [0.15, 0.2) is 24.8 Å². The lowest BCUT2D eigenvalue weighted by Gasteiger charge is -2.23. The van der Waals surface area contributed by atoms with Gasteiger partial charge in [-0.3, -0.25) is 0 Å². The molecule has 2 nitrogen and oxygen atoms in total. The van der Waals surface area contributed by atoms with Gasteiger partial charge in [0, 0.05) is 17.8 Å². The van der Waals surface area contributed by atoms with Crippen molar-refractivity contribution in [3.8, 4) is 6.07 Å². The molecule has 0 spiro atoms. The predicted octanol–water partition coefficient (Wildman–Crippen LogP) is 2.60. The predicted molar refractivity (Wildman–Crippen MR) is 65.8 cm³/mol. The van der Waals surface area contributed by atoms with Crippen LogP contribution in [0.3, 0.4) is 0 Å². The quantitative estimate of drug-likeness (QED) is 0.776. The fourth-order valence-electron chi connectivity index (χ4n) is 1.99. The summed E-state index contributed by atoms with van der Waals surface area (Å²) in [6.45, 7) is 8.82. The Hall–Kier alpha value is -1.75. The molecule has 0 amide bonds. The van der Waals surface area contributed by atoms with E-state index in [2.05, 4.69) is 30.1 Å². The van der Waals surface area contributed by atoms with Crippen molar-refractivity contribution in [3.63, 3.8) is 0 Å². The zero-order chi connectivity index (χ0) is 11.8. The number of benzene rings is 1. The van der Waals surface area contributed by atoms with Crippen molar-refractivity contribution >= 4 is 5.70 Å². The van der Waals surface area contributed by atoms with Crippen LogP contribution >= 0.6 is 0 Å². The summed E-state index contributed by atoms with van der Waals surface area (Å²) in [6, 6.07) is 8.58. The van der Waals surface area contributed by atoms with Crippen LogP contribution in [-0.4, -0.2) is 6.54 Å². The number of hydrogen-bond donors (Lipinski definition) is 1. The SMILES string of the molecule is C=C1NCCc2cc(C(C)(C)C#N)ccc21. The molecule has 2 rings (SSSR count). The molecule has 0 atom stereocenters. The number of nitriles is 1. The maximum absolute atomic E-state index is 9.12. The van der Waals surface area contributed by atoms with E-state index in [1.807, 2.05) is 19.9 Å². The molecule has 0 aromatic heterocycles. The molecule has 0 radical (unpaired) electrons. The highest BCUT2D eigenvalue weighted by Crippen LogP contribution is 2.28. The first-order valence-electron chi connectivity index (χ1n) is 5.52. The van der Waals surface area contributed by atoms with Crippen LogP contribution in [-0.2, 0) is 11.8 Å². The standard InChI is InChI=1S/C14H16N2/c1-10-13-5-4-12(14(2,3)9-15)8-11(13)6-7-16-10/h4-5,8,16H,1,6-7H2,2-3H3. The third kappa shape index (κ3) is 1.69. The second-order valence-electron chi connectivity index (χ2n) is 4.76. The van der Waals surface area contributed by atoms with Crippen molar-refractivity contribution in [2.75, 3.05) is 6.54 Å². The van der Waals surface area contributed by atoms with Gasteiger partial charge in [0.05, 0.1) is 11.5 Å². The molecule has 1 N–H and O–H groups in total. The number of rotatable bonds is 1. The van der Waals surface area contributed by atoms with Gasteiger partial charge in [-0.1, -0.05) is 24.8 Å². The van der Waals surface area contributed by atoms with E-state index >= 15 is 0 Å². The molecule has 0 aliphatic carbocycles. The highest BCUT2D eigenvalue weighted by atomic mass is 14.9. The van der Waals surface area contributed by atoms with E-state index in [1.54, 1.807) is 0 Å². The van der Waals surface area contributed by atoms with Crippen LogP contribution in [0.2, 0.25) is 0 Å². The Bertz CT molecular complexity index is 478. The lowest BCUT2D eigenvalue weighted by Crippen LogP contribution is -2.23. The Balaban J connectivity index is 2.48. The molecule has 1 aliphatic heterocycles. The number of nitrogens with one attached hydrogen (secondary N) is 1.